The van der Waals surface area contributed by atoms with Crippen molar-refractivity contribution in [2.75, 3.05) is 6.54 Å². The Morgan fingerprint density at radius 3 is 2.52 bits per heavy atom. The van der Waals surface area contributed by atoms with Gasteiger partial charge in [-0.05, 0) is 18.6 Å². The minimum absolute atomic E-state index is 0.133. The summed E-state index contributed by atoms with van der Waals surface area (Å²) in [6, 6.07) is 4.32. The Hall–Kier alpha value is -2.77. The minimum atomic E-state index is -0.717. The summed E-state index contributed by atoms with van der Waals surface area (Å²) in [4.78, 5) is 46.7. The van der Waals surface area contributed by atoms with E-state index in [0.29, 0.717) is 6.42 Å². The van der Waals surface area contributed by atoms with Gasteiger partial charge in [-0.15, -0.1) is 0 Å². The molecule has 1 aromatic rings. The maximum absolute atomic E-state index is 12.4. The fourth-order valence-corrected chi connectivity index (χ4v) is 2.18. The monoisotopic (exact) mass is 291 g/mol. The van der Waals surface area contributed by atoms with Crippen molar-refractivity contribution >= 4 is 23.4 Å². The van der Waals surface area contributed by atoms with Crippen LogP contribution in [0.5, 0.6) is 0 Å². The first-order valence-electron chi connectivity index (χ1n) is 6.33. The average Bonchev–Trinajstić information content (AvgIpc) is 2.46. The number of carbonyl (C=O) groups excluding carboxylic acids is 3. The highest BCUT2D eigenvalue weighted by Gasteiger charge is 2.35. The molecule has 1 saturated heterocycles. The number of non-ortho nitro benzene ring substituents is 1. The maximum Gasteiger partial charge on any atom is 0.269 e. The Labute approximate surface area is 119 Å². The number of rotatable bonds is 3. The number of benzene rings is 1. The van der Waals surface area contributed by atoms with Gasteiger partial charge in [-0.1, -0.05) is 6.92 Å². The molecule has 8 heteroatoms. The van der Waals surface area contributed by atoms with Gasteiger partial charge < -0.3 is 4.90 Å². The number of imide groups is 1. The molecule has 0 saturated carbocycles. The lowest BCUT2D eigenvalue weighted by Crippen LogP contribution is -2.59. The molecule has 110 valence electrons. The molecule has 0 radical (unpaired) electrons. The van der Waals surface area contributed by atoms with Crippen LogP contribution in [0.15, 0.2) is 24.3 Å². The van der Waals surface area contributed by atoms with Crippen molar-refractivity contribution in [2.24, 2.45) is 0 Å². The van der Waals surface area contributed by atoms with E-state index in [1.807, 2.05) is 0 Å². The summed E-state index contributed by atoms with van der Waals surface area (Å²) >= 11 is 0. The van der Waals surface area contributed by atoms with E-state index in [4.69, 9.17) is 0 Å². The number of nitro benzene ring substituents is 1. The van der Waals surface area contributed by atoms with E-state index in [9.17, 15) is 24.5 Å². The highest BCUT2D eigenvalue weighted by atomic mass is 16.6. The normalized spacial score (nSPS) is 18.3. The summed E-state index contributed by atoms with van der Waals surface area (Å²) in [6.07, 6.45) is 0.373. The molecule has 1 fully saturated rings. The van der Waals surface area contributed by atoms with Gasteiger partial charge in [0.25, 0.3) is 11.6 Å². The van der Waals surface area contributed by atoms with Crippen molar-refractivity contribution in [1.29, 1.82) is 0 Å². The number of amides is 3. The van der Waals surface area contributed by atoms with Gasteiger partial charge in [-0.3, -0.25) is 29.8 Å². The van der Waals surface area contributed by atoms with Crippen LogP contribution in [0.1, 0.15) is 23.7 Å². The second-order valence-corrected chi connectivity index (χ2v) is 4.57. The van der Waals surface area contributed by atoms with Crippen molar-refractivity contribution in [3.63, 3.8) is 0 Å². The molecular weight excluding hydrogens is 278 g/mol. The van der Waals surface area contributed by atoms with E-state index in [2.05, 4.69) is 5.32 Å². The van der Waals surface area contributed by atoms with Gasteiger partial charge in [-0.2, -0.15) is 0 Å². The number of hydrogen-bond donors (Lipinski definition) is 1. The number of hydrogen-bond acceptors (Lipinski definition) is 5. The van der Waals surface area contributed by atoms with Crippen molar-refractivity contribution < 1.29 is 19.3 Å². The van der Waals surface area contributed by atoms with Gasteiger partial charge in [0.05, 0.1) is 4.92 Å². The van der Waals surface area contributed by atoms with Crippen molar-refractivity contribution in [2.45, 2.75) is 19.4 Å². The second-order valence-electron chi connectivity index (χ2n) is 4.57. The lowest BCUT2D eigenvalue weighted by atomic mass is 10.1. The van der Waals surface area contributed by atoms with Gasteiger partial charge in [-0.25, -0.2) is 0 Å². The molecule has 0 spiro atoms. The van der Waals surface area contributed by atoms with E-state index in [0.717, 1.165) is 0 Å². The molecule has 21 heavy (non-hydrogen) atoms. The summed E-state index contributed by atoms with van der Waals surface area (Å²) in [6.45, 7) is 1.52. The van der Waals surface area contributed by atoms with Crippen LogP contribution in [-0.4, -0.2) is 40.1 Å². The Morgan fingerprint density at radius 1 is 1.38 bits per heavy atom. The third kappa shape index (κ3) is 2.88. The first-order chi connectivity index (χ1) is 9.93. The molecule has 1 atom stereocenters. The van der Waals surface area contributed by atoms with E-state index in [1.54, 1.807) is 6.92 Å². The van der Waals surface area contributed by atoms with Crippen LogP contribution < -0.4 is 5.32 Å². The molecule has 0 aliphatic carbocycles. The summed E-state index contributed by atoms with van der Waals surface area (Å²) in [5, 5.41) is 12.8. The third-order valence-electron chi connectivity index (χ3n) is 3.23. The molecule has 1 N–H and O–H groups in total. The fraction of sp³-hybridized carbons (Fsp3) is 0.308. The third-order valence-corrected chi connectivity index (χ3v) is 3.23. The molecule has 0 bridgehead atoms. The molecule has 1 aliphatic rings. The first kappa shape index (κ1) is 14.6. The van der Waals surface area contributed by atoms with Crippen LogP contribution in [0.25, 0.3) is 0 Å². The molecule has 1 aromatic carbocycles. The largest absolute Gasteiger partial charge is 0.317 e. The predicted octanol–water partition coefficient (Wildman–Crippen LogP) is 0.472. The van der Waals surface area contributed by atoms with Crippen molar-refractivity contribution in [1.82, 2.24) is 10.2 Å². The molecule has 1 aliphatic heterocycles. The van der Waals surface area contributed by atoms with Crippen LogP contribution in [-0.2, 0) is 9.59 Å². The fourth-order valence-electron chi connectivity index (χ4n) is 2.18. The molecule has 8 nitrogen and oxygen atoms in total. The van der Waals surface area contributed by atoms with Gasteiger partial charge in [0.1, 0.15) is 12.6 Å². The molecule has 3 amide bonds. The van der Waals surface area contributed by atoms with Crippen molar-refractivity contribution in [3.8, 4) is 0 Å². The average molecular weight is 291 g/mol. The van der Waals surface area contributed by atoms with E-state index < -0.39 is 28.7 Å². The zero-order chi connectivity index (χ0) is 15.6. The standard InChI is InChI=1S/C13H13N3O5/c1-2-10-12(18)14-11(17)7-15(10)13(19)8-3-5-9(6-4-8)16(20)21/h3-6,10H,2,7H2,1H3,(H,14,17,18). The highest BCUT2D eigenvalue weighted by molar-refractivity contribution is 6.07. The Kier molecular flexibility index (Phi) is 3.97. The van der Waals surface area contributed by atoms with Crippen LogP contribution in [0, 0.1) is 10.1 Å². The highest BCUT2D eigenvalue weighted by Crippen LogP contribution is 2.17. The van der Waals surface area contributed by atoms with Crippen molar-refractivity contribution in [3.05, 3.63) is 39.9 Å². The summed E-state index contributed by atoms with van der Waals surface area (Å²) in [5.74, 6) is -1.55. The molecule has 0 aromatic heterocycles. The molecule has 1 heterocycles. The van der Waals surface area contributed by atoms with E-state index in [-0.39, 0.29) is 17.8 Å². The number of nitro groups is 1. The summed E-state index contributed by atoms with van der Waals surface area (Å²) in [5.41, 5.74) is 0.0626. The second kappa shape index (κ2) is 5.70. The Bertz CT molecular complexity index is 611. The van der Waals surface area contributed by atoms with Gasteiger partial charge in [0.15, 0.2) is 0 Å². The number of piperazine rings is 1. The first-order valence-corrected chi connectivity index (χ1v) is 6.33. The van der Waals surface area contributed by atoms with Gasteiger partial charge in [0.2, 0.25) is 11.8 Å². The van der Waals surface area contributed by atoms with Crippen LogP contribution in [0.3, 0.4) is 0 Å². The number of nitrogens with one attached hydrogen (secondary N) is 1. The van der Waals surface area contributed by atoms with Crippen LogP contribution >= 0.6 is 0 Å². The minimum Gasteiger partial charge on any atom is -0.317 e. The van der Waals surface area contributed by atoms with Gasteiger partial charge in [0, 0.05) is 17.7 Å². The smallest absolute Gasteiger partial charge is 0.269 e. The summed E-state index contributed by atoms with van der Waals surface area (Å²) in [7, 11) is 0. The van der Waals surface area contributed by atoms with Crippen LogP contribution in [0.2, 0.25) is 0 Å². The molecule has 1 unspecified atom stereocenters. The topological polar surface area (TPSA) is 110 Å². The Balaban J connectivity index is 2.26. The quantitative estimate of drug-likeness (QED) is 0.494. The van der Waals surface area contributed by atoms with E-state index in [1.165, 1.54) is 29.2 Å². The number of nitrogens with zero attached hydrogens (tertiary/aromatic N) is 2. The van der Waals surface area contributed by atoms with E-state index >= 15 is 0 Å². The molecular formula is C13H13N3O5. The zero-order valence-corrected chi connectivity index (χ0v) is 11.2. The lowest BCUT2D eigenvalue weighted by molar-refractivity contribution is -0.384. The van der Waals surface area contributed by atoms with Gasteiger partial charge >= 0.3 is 0 Å². The predicted molar refractivity (Wildman–Crippen MR) is 71.4 cm³/mol. The van der Waals surface area contributed by atoms with Crippen LogP contribution in [0.4, 0.5) is 5.69 Å². The number of carbonyl (C=O) groups is 3. The SMILES string of the molecule is CCC1C(=O)NC(=O)CN1C(=O)c1ccc([N+](=O)[O-])cc1. The summed E-state index contributed by atoms with van der Waals surface area (Å²) < 4.78 is 0. The molecule has 2 rings (SSSR count). The Morgan fingerprint density at radius 2 is 2.00 bits per heavy atom. The maximum atomic E-state index is 12.4. The zero-order valence-electron chi connectivity index (χ0n) is 11.2. The lowest BCUT2D eigenvalue weighted by Gasteiger charge is -2.33.